The van der Waals surface area contributed by atoms with Crippen LogP contribution in [-0.2, 0) is 0 Å². The third-order valence-corrected chi connectivity index (χ3v) is 2.96. The van der Waals surface area contributed by atoms with Gasteiger partial charge < -0.3 is 21.1 Å². The summed E-state index contributed by atoms with van der Waals surface area (Å²) >= 11 is 0. The van der Waals surface area contributed by atoms with Crippen molar-refractivity contribution in [3.8, 4) is 5.75 Å². The lowest BCUT2D eigenvalue weighted by molar-refractivity contribution is 0.0955. The maximum atomic E-state index is 12.0. The predicted molar refractivity (Wildman–Crippen MR) is 84.7 cm³/mol. The summed E-state index contributed by atoms with van der Waals surface area (Å²) in [5.41, 5.74) is 7.92. The van der Waals surface area contributed by atoms with E-state index in [0.29, 0.717) is 30.1 Å². The number of hydrogen-bond acceptors (Lipinski definition) is 4. The van der Waals surface area contributed by atoms with Crippen LogP contribution in [0.4, 0.5) is 11.4 Å². The fourth-order valence-electron chi connectivity index (χ4n) is 1.90. The Morgan fingerprint density at radius 3 is 2.71 bits per heavy atom. The zero-order chi connectivity index (χ0) is 15.1. The molecule has 2 aromatic rings. The van der Waals surface area contributed by atoms with Crippen molar-refractivity contribution in [2.24, 2.45) is 0 Å². The number of hydrogen-bond donors (Lipinski definition) is 3. The average Bonchev–Trinajstić information content (AvgIpc) is 2.51. The van der Waals surface area contributed by atoms with Crippen LogP contribution in [0.15, 0.2) is 48.5 Å². The third kappa shape index (κ3) is 4.42. The number of nitrogens with two attached hydrogens (primary N) is 1. The van der Waals surface area contributed by atoms with E-state index in [4.69, 9.17) is 10.5 Å². The molecule has 0 atom stereocenters. The first kappa shape index (κ1) is 14.7. The van der Waals surface area contributed by atoms with E-state index >= 15 is 0 Å². The normalized spacial score (nSPS) is 9.95. The van der Waals surface area contributed by atoms with Crippen molar-refractivity contribution in [2.45, 2.75) is 0 Å². The number of benzene rings is 2. The second-order valence-electron chi connectivity index (χ2n) is 4.54. The van der Waals surface area contributed by atoms with Gasteiger partial charge in [-0.2, -0.15) is 0 Å². The van der Waals surface area contributed by atoms with E-state index in [2.05, 4.69) is 10.6 Å². The van der Waals surface area contributed by atoms with E-state index in [1.807, 2.05) is 24.3 Å². The highest BCUT2D eigenvalue weighted by Crippen LogP contribution is 2.12. The van der Waals surface area contributed by atoms with Gasteiger partial charge >= 0.3 is 0 Å². The Kier molecular flexibility index (Phi) is 5.04. The molecule has 0 radical (unpaired) electrons. The Hall–Kier alpha value is -2.69. The van der Waals surface area contributed by atoms with Crippen LogP contribution in [0, 0.1) is 0 Å². The molecule has 2 aromatic carbocycles. The minimum atomic E-state index is -0.122. The summed E-state index contributed by atoms with van der Waals surface area (Å²) in [6.07, 6.45) is 0. The average molecular weight is 285 g/mol. The number of ether oxygens (including phenoxy) is 1. The highest BCUT2D eigenvalue weighted by atomic mass is 16.5. The molecule has 0 saturated carbocycles. The van der Waals surface area contributed by atoms with Crippen LogP contribution >= 0.6 is 0 Å². The van der Waals surface area contributed by atoms with Gasteiger partial charge in [0.1, 0.15) is 5.75 Å². The van der Waals surface area contributed by atoms with Gasteiger partial charge in [0.2, 0.25) is 0 Å². The number of methoxy groups -OCH3 is 1. The fourth-order valence-corrected chi connectivity index (χ4v) is 1.90. The van der Waals surface area contributed by atoms with Gasteiger partial charge in [0.25, 0.3) is 5.91 Å². The SMILES string of the molecule is COc1cccc(C(=O)NCCNc2cccc(N)c2)c1. The molecule has 0 spiro atoms. The number of carbonyl (C=O) groups excluding carboxylic acids is 1. The van der Waals surface area contributed by atoms with Gasteiger partial charge in [0.15, 0.2) is 0 Å². The van der Waals surface area contributed by atoms with E-state index in [1.165, 1.54) is 0 Å². The quantitative estimate of drug-likeness (QED) is 0.561. The molecule has 5 heteroatoms. The summed E-state index contributed by atoms with van der Waals surface area (Å²) < 4.78 is 5.10. The van der Waals surface area contributed by atoms with Gasteiger partial charge in [-0.25, -0.2) is 0 Å². The van der Waals surface area contributed by atoms with Gasteiger partial charge in [0.05, 0.1) is 7.11 Å². The number of rotatable bonds is 6. The number of anilines is 2. The Labute approximate surface area is 124 Å². The number of amides is 1. The van der Waals surface area contributed by atoms with Gasteiger partial charge in [-0.15, -0.1) is 0 Å². The lowest BCUT2D eigenvalue weighted by atomic mass is 10.2. The summed E-state index contributed by atoms with van der Waals surface area (Å²) in [6, 6.07) is 14.5. The molecule has 0 unspecified atom stereocenters. The second-order valence-corrected chi connectivity index (χ2v) is 4.54. The predicted octanol–water partition coefficient (Wildman–Crippen LogP) is 2.12. The first-order chi connectivity index (χ1) is 10.2. The van der Waals surface area contributed by atoms with Crippen LogP contribution in [0.1, 0.15) is 10.4 Å². The minimum Gasteiger partial charge on any atom is -0.497 e. The molecule has 110 valence electrons. The highest BCUT2D eigenvalue weighted by molar-refractivity contribution is 5.94. The summed E-state index contributed by atoms with van der Waals surface area (Å²) in [5, 5.41) is 6.04. The largest absolute Gasteiger partial charge is 0.497 e. The van der Waals surface area contributed by atoms with Crippen LogP contribution in [-0.4, -0.2) is 26.1 Å². The maximum absolute atomic E-state index is 12.0. The first-order valence-corrected chi connectivity index (χ1v) is 6.71. The van der Waals surface area contributed by atoms with Gasteiger partial charge in [0, 0.05) is 30.0 Å². The molecule has 4 N–H and O–H groups in total. The summed E-state index contributed by atoms with van der Waals surface area (Å²) in [6.45, 7) is 1.14. The Morgan fingerprint density at radius 1 is 1.14 bits per heavy atom. The zero-order valence-corrected chi connectivity index (χ0v) is 11.9. The first-order valence-electron chi connectivity index (χ1n) is 6.71. The lowest BCUT2D eigenvalue weighted by Gasteiger charge is -2.09. The van der Waals surface area contributed by atoms with Gasteiger partial charge in [-0.3, -0.25) is 4.79 Å². The number of carbonyl (C=O) groups is 1. The molecule has 0 aliphatic rings. The zero-order valence-electron chi connectivity index (χ0n) is 11.9. The Bertz CT molecular complexity index is 614. The summed E-state index contributed by atoms with van der Waals surface area (Å²) in [4.78, 5) is 12.0. The molecule has 0 aliphatic heterocycles. The van der Waals surface area contributed by atoms with E-state index < -0.39 is 0 Å². The van der Waals surface area contributed by atoms with Crippen molar-refractivity contribution in [1.82, 2.24) is 5.32 Å². The van der Waals surface area contributed by atoms with Crippen LogP contribution in [0.5, 0.6) is 5.75 Å². The lowest BCUT2D eigenvalue weighted by Crippen LogP contribution is -2.28. The Balaban J connectivity index is 1.79. The molecule has 1 amide bonds. The highest BCUT2D eigenvalue weighted by Gasteiger charge is 2.05. The summed E-state index contributed by atoms with van der Waals surface area (Å²) in [7, 11) is 1.58. The van der Waals surface area contributed by atoms with Crippen molar-refractivity contribution >= 4 is 17.3 Å². The number of nitrogen functional groups attached to an aromatic ring is 1. The second kappa shape index (κ2) is 7.19. The van der Waals surface area contributed by atoms with Crippen molar-refractivity contribution < 1.29 is 9.53 Å². The van der Waals surface area contributed by atoms with Crippen LogP contribution in [0.25, 0.3) is 0 Å². The molecule has 21 heavy (non-hydrogen) atoms. The van der Waals surface area contributed by atoms with Crippen LogP contribution in [0.3, 0.4) is 0 Å². The topological polar surface area (TPSA) is 76.4 Å². The molecule has 0 aromatic heterocycles. The van der Waals surface area contributed by atoms with Crippen molar-refractivity contribution in [3.05, 3.63) is 54.1 Å². The van der Waals surface area contributed by atoms with Crippen LogP contribution in [0.2, 0.25) is 0 Å². The monoisotopic (exact) mass is 285 g/mol. The number of nitrogens with one attached hydrogen (secondary N) is 2. The molecule has 0 bridgehead atoms. The smallest absolute Gasteiger partial charge is 0.251 e. The summed E-state index contributed by atoms with van der Waals surface area (Å²) in [5.74, 6) is 0.545. The third-order valence-electron chi connectivity index (χ3n) is 2.96. The molecule has 0 fully saturated rings. The van der Waals surface area contributed by atoms with Crippen molar-refractivity contribution in [3.63, 3.8) is 0 Å². The van der Waals surface area contributed by atoms with E-state index in [9.17, 15) is 4.79 Å². The van der Waals surface area contributed by atoms with E-state index in [1.54, 1.807) is 31.4 Å². The molecule has 0 aliphatic carbocycles. The molecule has 5 nitrogen and oxygen atoms in total. The molecule has 0 saturated heterocycles. The standard InChI is InChI=1S/C16H19N3O2/c1-21-15-7-2-4-12(10-15)16(20)19-9-8-18-14-6-3-5-13(17)11-14/h2-7,10-11,18H,8-9,17H2,1H3,(H,19,20). The van der Waals surface area contributed by atoms with E-state index in [0.717, 1.165) is 5.69 Å². The molecule has 2 rings (SSSR count). The minimum absolute atomic E-state index is 0.122. The molecular formula is C16H19N3O2. The fraction of sp³-hybridized carbons (Fsp3) is 0.188. The van der Waals surface area contributed by atoms with Gasteiger partial charge in [-0.05, 0) is 36.4 Å². The molecule has 0 heterocycles. The maximum Gasteiger partial charge on any atom is 0.251 e. The molecular weight excluding hydrogens is 266 g/mol. The van der Waals surface area contributed by atoms with Gasteiger partial charge in [-0.1, -0.05) is 12.1 Å². The van der Waals surface area contributed by atoms with Crippen molar-refractivity contribution in [1.29, 1.82) is 0 Å². The van der Waals surface area contributed by atoms with Crippen molar-refractivity contribution in [2.75, 3.05) is 31.2 Å². The Morgan fingerprint density at radius 2 is 1.95 bits per heavy atom. The van der Waals surface area contributed by atoms with Crippen LogP contribution < -0.4 is 21.1 Å². The van der Waals surface area contributed by atoms with E-state index in [-0.39, 0.29) is 5.91 Å².